The number of nitrogens with zero attached hydrogens (tertiary/aromatic N) is 1. The minimum absolute atomic E-state index is 0.106. The van der Waals surface area contributed by atoms with E-state index in [2.05, 4.69) is 0 Å². The first-order chi connectivity index (χ1) is 8.95. The Morgan fingerprint density at radius 2 is 2.00 bits per heavy atom. The van der Waals surface area contributed by atoms with E-state index in [1.165, 1.54) is 38.3 Å². The zero-order valence-corrected chi connectivity index (χ0v) is 10.3. The Morgan fingerprint density at radius 1 is 1.32 bits per heavy atom. The minimum atomic E-state index is -1.19. The van der Waals surface area contributed by atoms with Crippen LogP contribution >= 0.6 is 0 Å². The average Bonchev–Trinajstić information content (AvgIpc) is 2.62. The Morgan fingerprint density at radius 3 is 2.47 bits per heavy atom. The van der Waals surface area contributed by atoms with E-state index in [1.54, 1.807) is 0 Å². The Balaban J connectivity index is 2.48. The van der Waals surface area contributed by atoms with Crippen molar-refractivity contribution >= 4 is 23.5 Å². The molecule has 0 atom stereocenters. The van der Waals surface area contributed by atoms with Crippen LogP contribution < -0.4 is 9.64 Å². The van der Waals surface area contributed by atoms with Crippen molar-refractivity contribution in [1.82, 2.24) is 0 Å². The fourth-order valence-electron chi connectivity index (χ4n) is 1.83. The summed E-state index contributed by atoms with van der Waals surface area (Å²) in [6.45, 7) is 1.53. The lowest BCUT2D eigenvalue weighted by atomic mass is 10.1. The van der Waals surface area contributed by atoms with Gasteiger partial charge >= 0.3 is 5.97 Å². The zero-order valence-electron chi connectivity index (χ0n) is 10.3. The first-order valence-electron chi connectivity index (χ1n) is 5.43. The van der Waals surface area contributed by atoms with E-state index in [4.69, 9.17) is 9.84 Å². The predicted octanol–water partition coefficient (Wildman–Crippen LogP) is 1.21. The van der Waals surface area contributed by atoms with Crippen molar-refractivity contribution in [3.63, 3.8) is 0 Å². The van der Waals surface area contributed by atoms with Gasteiger partial charge in [0.1, 0.15) is 11.3 Å². The van der Waals surface area contributed by atoms with Crippen molar-refractivity contribution in [2.75, 3.05) is 12.0 Å². The summed E-state index contributed by atoms with van der Waals surface area (Å²) in [6.07, 6.45) is 1.22. The lowest BCUT2D eigenvalue weighted by Gasteiger charge is -2.16. The van der Waals surface area contributed by atoms with Gasteiger partial charge in [0.15, 0.2) is 0 Å². The number of methoxy groups -OCH3 is 1. The first-order valence-corrected chi connectivity index (χ1v) is 5.43. The summed E-state index contributed by atoms with van der Waals surface area (Å²) in [6, 6.07) is 4.12. The second-order valence-electron chi connectivity index (χ2n) is 4.00. The Kier molecular flexibility index (Phi) is 3.08. The molecule has 1 aromatic rings. The van der Waals surface area contributed by atoms with E-state index in [9.17, 15) is 14.4 Å². The number of hydrogen-bond donors (Lipinski definition) is 1. The van der Waals surface area contributed by atoms with Gasteiger partial charge in [0.2, 0.25) is 0 Å². The van der Waals surface area contributed by atoms with Gasteiger partial charge in [-0.15, -0.1) is 0 Å². The molecule has 0 bridgehead atoms. The molecule has 0 aromatic heterocycles. The van der Waals surface area contributed by atoms with Gasteiger partial charge in [-0.25, -0.2) is 9.69 Å². The maximum absolute atomic E-state index is 11.8. The fourth-order valence-corrected chi connectivity index (χ4v) is 1.83. The molecule has 2 amide bonds. The molecular formula is C13H11NO5. The van der Waals surface area contributed by atoms with Crippen LogP contribution in [0.25, 0.3) is 0 Å². The lowest BCUT2D eigenvalue weighted by Crippen LogP contribution is -2.30. The van der Waals surface area contributed by atoms with Crippen LogP contribution in [0.3, 0.4) is 0 Å². The Labute approximate surface area is 108 Å². The minimum Gasteiger partial charge on any atom is -0.496 e. The van der Waals surface area contributed by atoms with Gasteiger partial charge in [0.25, 0.3) is 11.8 Å². The van der Waals surface area contributed by atoms with Crippen molar-refractivity contribution in [3.8, 4) is 5.75 Å². The maximum Gasteiger partial charge on any atom is 0.339 e. The molecule has 6 nitrogen and oxygen atoms in total. The Hall–Kier alpha value is -2.63. The van der Waals surface area contributed by atoms with Crippen LogP contribution in [0.15, 0.2) is 29.8 Å². The number of imide groups is 1. The van der Waals surface area contributed by atoms with E-state index in [1.807, 2.05) is 0 Å². The van der Waals surface area contributed by atoms with Crippen molar-refractivity contribution in [1.29, 1.82) is 0 Å². The number of carboxylic acids is 1. The number of hydrogen-bond acceptors (Lipinski definition) is 4. The van der Waals surface area contributed by atoms with Crippen LogP contribution in [-0.2, 0) is 9.59 Å². The van der Waals surface area contributed by atoms with Gasteiger partial charge in [0, 0.05) is 11.6 Å². The number of aromatic carboxylic acids is 1. The summed E-state index contributed by atoms with van der Waals surface area (Å²) >= 11 is 0. The third-order valence-electron chi connectivity index (χ3n) is 2.77. The molecule has 0 radical (unpaired) electrons. The molecule has 1 N–H and O–H groups in total. The summed E-state index contributed by atoms with van der Waals surface area (Å²) in [7, 11) is 1.35. The van der Waals surface area contributed by atoms with Gasteiger partial charge in [-0.1, -0.05) is 0 Å². The van der Waals surface area contributed by atoms with Gasteiger partial charge < -0.3 is 9.84 Å². The maximum atomic E-state index is 11.8. The SMILES string of the molecule is COc1ccc(N2C(=O)C=C(C)C2=O)cc1C(=O)O. The average molecular weight is 261 g/mol. The Bertz CT molecular complexity index is 617. The number of anilines is 1. The molecule has 0 saturated heterocycles. The van der Waals surface area contributed by atoms with Crippen LogP contribution in [0.1, 0.15) is 17.3 Å². The van der Waals surface area contributed by atoms with Crippen LogP contribution in [-0.4, -0.2) is 30.0 Å². The molecule has 6 heteroatoms. The van der Waals surface area contributed by atoms with Gasteiger partial charge in [-0.2, -0.15) is 0 Å². The predicted molar refractivity (Wildman–Crippen MR) is 66.2 cm³/mol. The molecule has 0 unspecified atom stereocenters. The lowest BCUT2D eigenvalue weighted by molar-refractivity contribution is -0.120. The molecule has 0 spiro atoms. The topological polar surface area (TPSA) is 83.9 Å². The van der Waals surface area contributed by atoms with Crippen LogP contribution in [0.4, 0.5) is 5.69 Å². The van der Waals surface area contributed by atoms with E-state index >= 15 is 0 Å². The van der Waals surface area contributed by atoms with E-state index in [0.29, 0.717) is 5.57 Å². The fraction of sp³-hybridized carbons (Fsp3) is 0.154. The van der Waals surface area contributed by atoms with Crippen LogP contribution in [0, 0.1) is 0 Å². The van der Waals surface area contributed by atoms with E-state index < -0.39 is 17.8 Å². The van der Waals surface area contributed by atoms with Crippen LogP contribution in [0.5, 0.6) is 5.75 Å². The van der Waals surface area contributed by atoms with Gasteiger partial charge in [0.05, 0.1) is 12.8 Å². The second-order valence-corrected chi connectivity index (χ2v) is 4.00. The van der Waals surface area contributed by atoms with E-state index in [-0.39, 0.29) is 17.0 Å². The smallest absolute Gasteiger partial charge is 0.339 e. The van der Waals surface area contributed by atoms with Crippen molar-refractivity contribution in [2.24, 2.45) is 0 Å². The van der Waals surface area contributed by atoms with Gasteiger partial charge in [-0.3, -0.25) is 9.59 Å². The standard InChI is InChI=1S/C13H11NO5/c1-7-5-11(15)14(12(7)16)8-3-4-10(19-2)9(6-8)13(17)18/h3-6H,1-2H3,(H,17,18). The largest absolute Gasteiger partial charge is 0.496 e. The molecule has 98 valence electrons. The number of amides is 2. The number of carboxylic acid groups (broad SMARTS) is 1. The molecule has 0 aliphatic carbocycles. The zero-order chi connectivity index (χ0) is 14.2. The summed E-state index contributed by atoms with van der Waals surface area (Å²) in [5.41, 5.74) is 0.421. The number of ether oxygens (including phenoxy) is 1. The highest BCUT2D eigenvalue weighted by atomic mass is 16.5. The van der Waals surface area contributed by atoms with E-state index in [0.717, 1.165) is 4.90 Å². The molecule has 0 fully saturated rings. The monoisotopic (exact) mass is 261 g/mol. The third kappa shape index (κ3) is 2.08. The molecule has 0 saturated carbocycles. The summed E-state index contributed by atoms with van der Waals surface area (Å²) < 4.78 is 4.92. The highest BCUT2D eigenvalue weighted by Gasteiger charge is 2.30. The molecule has 19 heavy (non-hydrogen) atoms. The van der Waals surface area contributed by atoms with Crippen molar-refractivity contribution in [2.45, 2.75) is 6.92 Å². The van der Waals surface area contributed by atoms with Gasteiger partial charge in [-0.05, 0) is 25.1 Å². The number of rotatable bonds is 3. The summed E-state index contributed by atoms with van der Waals surface area (Å²) in [5, 5.41) is 9.07. The number of carbonyl (C=O) groups excluding carboxylic acids is 2. The molecule has 1 aromatic carbocycles. The number of benzene rings is 1. The van der Waals surface area contributed by atoms with Crippen molar-refractivity contribution in [3.05, 3.63) is 35.4 Å². The molecule has 1 aliphatic rings. The normalized spacial score (nSPS) is 14.6. The quantitative estimate of drug-likeness (QED) is 0.827. The van der Waals surface area contributed by atoms with Crippen molar-refractivity contribution < 1.29 is 24.2 Å². The van der Waals surface area contributed by atoms with Crippen LogP contribution in [0.2, 0.25) is 0 Å². The molecule has 2 rings (SSSR count). The highest BCUT2D eigenvalue weighted by molar-refractivity contribution is 6.30. The summed E-state index contributed by atoms with van der Waals surface area (Å²) in [4.78, 5) is 35.5. The first kappa shape index (κ1) is 12.8. The second kappa shape index (κ2) is 4.56. The number of carbonyl (C=O) groups is 3. The summed E-state index contributed by atoms with van der Waals surface area (Å²) in [5.74, 6) is -1.96. The molecular weight excluding hydrogens is 250 g/mol. The highest BCUT2D eigenvalue weighted by Crippen LogP contribution is 2.28. The molecule has 1 heterocycles. The third-order valence-corrected chi connectivity index (χ3v) is 2.77. The molecule has 1 aliphatic heterocycles.